The summed E-state index contributed by atoms with van der Waals surface area (Å²) in [6, 6.07) is 5.56. The summed E-state index contributed by atoms with van der Waals surface area (Å²) in [5, 5.41) is 3.30. The molecule has 1 aliphatic rings. The maximum atomic E-state index is 12.7. The van der Waals surface area contributed by atoms with Gasteiger partial charge in [-0.3, -0.25) is 4.79 Å². The van der Waals surface area contributed by atoms with Crippen LogP contribution in [0.15, 0.2) is 18.2 Å². The van der Waals surface area contributed by atoms with E-state index in [1.165, 1.54) is 18.4 Å². The van der Waals surface area contributed by atoms with Gasteiger partial charge in [0.2, 0.25) is 5.91 Å². The van der Waals surface area contributed by atoms with Gasteiger partial charge in [-0.2, -0.15) is 0 Å². The van der Waals surface area contributed by atoms with Gasteiger partial charge >= 0.3 is 12.1 Å². The van der Waals surface area contributed by atoms with Crippen LogP contribution in [-0.4, -0.2) is 50.2 Å². The van der Waals surface area contributed by atoms with Gasteiger partial charge in [-0.05, 0) is 43.0 Å². The summed E-state index contributed by atoms with van der Waals surface area (Å²) in [6.45, 7) is 4.73. The van der Waals surface area contributed by atoms with E-state index in [9.17, 15) is 14.4 Å². The number of carbonyl (C=O) groups excluding carboxylic acids is 3. The first-order valence-electron chi connectivity index (χ1n) is 9.95. The van der Waals surface area contributed by atoms with Gasteiger partial charge in [-0.1, -0.05) is 12.1 Å². The zero-order valence-corrected chi connectivity index (χ0v) is 18.9. The Balaban J connectivity index is 1.80. The van der Waals surface area contributed by atoms with Gasteiger partial charge in [0.15, 0.2) is 0 Å². The van der Waals surface area contributed by atoms with Crippen molar-refractivity contribution in [3.63, 3.8) is 0 Å². The first kappa shape index (κ1) is 22.6. The third kappa shape index (κ3) is 4.99. The average molecular weight is 447 g/mol. The van der Waals surface area contributed by atoms with Gasteiger partial charge in [-0.15, -0.1) is 11.3 Å². The van der Waals surface area contributed by atoms with Crippen molar-refractivity contribution >= 4 is 34.3 Å². The number of carbonyl (C=O) groups is 3. The molecule has 166 valence electrons. The van der Waals surface area contributed by atoms with Crippen LogP contribution < -0.4 is 10.1 Å². The second-order valence-electron chi connectivity index (χ2n) is 7.10. The summed E-state index contributed by atoms with van der Waals surface area (Å²) in [5.74, 6) is 0.0162. The lowest BCUT2D eigenvalue weighted by atomic mass is 10.0. The van der Waals surface area contributed by atoms with E-state index >= 15 is 0 Å². The van der Waals surface area contributed by atoms with Crippen molar-refractivity contribution < 1.29 is 28.6 Å². The fourth-order valence-electron chi connectivity index (χ4n) is 3.59. The first-order valence-corrected chi connectivity index (χ1v) is 10.8. The van der Waals surface area contributed by atoms with Gasteiger partial charge in [0.05, 0.1) is 39.4 Å². The Bertz CT molecular complexity index is 1000. The number of thiophene rings is 1. The summed E-state index contributed by atoms with van der Waals surface area (Å²) in [7, 11) is 2.91. The molecule has 2 aromatic rings. The van der Waals surface area contributed by atoms with Crippen molar-refractivity contribution in [2.45, 2.75) is 33.2 Å². The minimum Gasteiger partial charge on any atom is -0.496 e. The molecule has 0 saturated carbocycles. The molecule has 1 N–H and O–H groups in total. The molecule has 0 bridgehead atoms. The number of hydrogen-bond acceptors (Lipinski definition) is 7. The molecule has 3 rings (SSSR count). The third-order valence-corrected chi connectivity index (χ3v) is 6.18. The van der Waals surface area contributed by atoms with Crippen molar-refractivity contribution in [1.82, 2.24) is 4.90 Å². The van der Waals surface area contributed by atoms with Crippen LogP contribution in [0.1, 0.15) is 38.8 Å². The van der Waals surface area contributed by atoms with Crippen LogP contribution in [-0.2, 0) is 33.7 Å². The van der Waals surface area contributed by atoms with Crippen LogP contribution in [0.2, 0.25) is 0 Å². The zero-order chi connectivity index (χ0) is 22.5. The van der Waals surface area contributed by atoms with E-state index < -0.39 is 5.97 Å². The fourth-order valence-corrected chi connectivity index (χ4v) is 4.85. The number of anilines is 1. The van der Waals surface area contributed by atoms with Crippen molar-refractivity contribution in [3.8, 4) is 5.75 Å². The molecule has 1 aromatic carbocycles. The van der Waals surface area contributed by atoms with Gasteiger partial charge in [-0.25, -0.2) is 9.59 Å². The highest BCUT2D eigenvalue weighted by atomic mass is 32.1. The Kier molecular flexibility index (Phi) is 7.17. The summed E-state index contributed by atoms with van der Waals surface area (Å²) in [6.07, 6.45) is 0.257. The molecule has 8 nitrogen and oxygen atoms in total. The van der Waals surface area contributed by atoms with E-state index in [1.807, 2.05) is 25.1 Å². The van der Waals surface area contributed by atoms with Gasteiger partial charge in [0.1, 0.15) is 10.8 Å². The van der Waals surface area contributed by atoms with Crippen LogP contribution in [0.4, 0.5) is 9.80 Å². The molecule has 2 amide bonds. The van der Waals surface area contributed by atoms with E-state index in [1.54, 1.807) is 18.9 Å². The highest BCUT2D eigenvalue weighted by Crippen LogP contribution is 2.38. The smallest absolute Gasteiger partial charge is 0.410 e. The molecule has 0 spiro atoms. The summed E-state index contributed by atoms with van der Waals surface area (Å²) in [4.78, 5) is 39.7. The molecule has 0 fully saturated rings. The average Bonchev–Trinajstić information content (AvgIpc) is 3.10. The van der Waals surface area contributed by atoms with E-state index in [4.69, 9.17) is 14.2 Å². The minimum absolute atomic E-state index is 0.156. The van der Waals surface area contributed by atoms with Crippen LogP contribution in [0, 0.1) is 6.92 Å². The first-order chi connectivity index (χ1) is 14.9. The van der Waals surface area contributed by atoms with Crippen LogP contribution in [0.25, 0.3) is 0 Å². The lowest BCUT2D eigenvalue weighted by Gasteiger charge is -2.26. The van der Waals surface area contributed by atoms with Gasteiger partial charge in [0.25, 0.3) is 0 Å². The standard InChI is InChI=1S/C22H26N2O6S/c1-5-30-22(27)24-9-8-15-17(12-24)31-20(19(15)21(26)29-4)23-18(25)11-14-6-7-16(28-3)13(2)10-14/h6-7,10H,5,8-9,11-12H2,1-4H3,(H,23,25). The molecule has 0 unspecified atom stereocenters. The maximum Gasteiger partial charge on any atom is 0.410 e. The molecular formula is C22H26N2O6S. The Morgan fingerprint density at radius 1 is 1.23 bits per heavy atom. The number of fused-ring (bicyclic) bond motifs is 1. The minimum atomic E-state index is -0.502. The number of hydrogen-bond donors (Lipinski definition) is 1. The SMILES string of the molecule is CCOC(=O)N1CCc2c(sc(NC(=O)Cc3ccc(OC)c(C)c3)c2C(=O)OC)C1. The Hall–Kier alpha value is -3.07. The molecule has 0 atom stereocenters. The second kappa shape index (κ2) is 9.82. The van der Waals surface area contributed by atoms with Gasteiger partial charge < -0.3 is 24.4 Å². The molecule has 1 aliphatic heterocycles. The van der Waals surface area contributed by atoms with E-state index in [-0.39, 0.29) is 18.4 Å². The maximum absolute atomic E-state index is 12.7. The van der Waals surface area contributed by atoms with Crippen LogP contribution in [0.5, 0.6) is 5.75 Å². The van der Waals surface area contributed by atoms with Crippen molar-refractivity contribution in [2.24, 2.45) is 0 Å². The fraction of sp³-hybridized carbons (Fsp3) is 0.409. The largest absolute Gasteiger partial charge is 0.496 e. The van der Waals surface area contributed by atoms with Gasteiger partial charge in [0, 0.05) is 11.4 Å². The molecule has 31 heavy (non-hydrogen) atoms. The molecule has 2 heterocycles. The molecule has 0 radical (unpaired) electrons. The molecular weight excluding hydrogens is 420 g/mol. The van der Waals surface area contributed by atoms with Crippen LogP contribution in [0.3, 0.4) is 0 Å². The monoisotopic (exact) mass is 446 g/mol. The number of esters is 1. The Labute approximate surface area is 185 Å². The summed E-state index contributed by atoms with van der Waals surface area (Å²) < 4.78 is 15.3. The van der Waals surface area contributed by atoms with E-state index in [2.05, 4.69) is 5.32 Å². The van der Waals surface area contributed by atoms with E-state index in [0.29, 0.717) is 36.7 Å². The molecule has 1 aromatic heterocycles. The number of amides is 2. The second-order valence-corrected chi connectivity index (χ2v) is 8.20. The molecule has 9 heteroatoms. The lowest BCUT2D eigenvalue weighted by molar-refractivity contribution is -0.115. The number of nitrogens with zero attached hydrogens (tertiary/aromatic N) is 1. The number of methoxy groups -OCH3 is 2. The predicted octanol–water partition coefficient (Wildman–Crippen LogP) is 3.55. The third-order valence-electron chi connectivity index (χ3n) is 5.05. The number of ether oxygens (including phenoxy) is 3. The van der Waals surface area contributed by atoms with Crippen molar-refractivity contribution in [1.29, 1.82) is 0 Å². The molecule has 0 aliphatic carbocycles. The predicted molar refractivity (Wildman–Crippen MR) is 117 cm³/mol. The van der Waals surface area contributed by atoms with E-state index in [0.717, 1.165) is 27.3 Å². The number of aryl methyl sites for hydroxylation is 1. The lowest BCUT2D eigenvalue weighted by Crippen LogP contribution is -2.36. The Morgan fingerprint density at radius 2 is 2.00 bits per heavy atom. The van der Waals surface area contributed by atoms with Crippen molar-refractivity contribution in [2.75, 3.05) is 32.7 Å². The number of nitrogens with one attached hydrogen (secondary N) is 1. The number of rotatable bonds is 6. The number of benzene rings is 1. The zero-order valence-electron chi connectivity index (χ0n) is 18.1. The quantitative estimate of drug-likeness (QED) is 0.682. The summed E-state index contributed by atoms with van der Waals surface area (Å²) >= 11 is 1.29. The highest BCUT2D eigenvalue weighted by Gasteiger charge is 2.31. The normalized spacial score (nSPS) is 12.7. The topological polar surface area (TPSA) is 94.2 Å². The molecule has 0 saturated heterocycles. The Morgan fingerprint density at radius 3 is 2.65 bits per heavy atom. The summed E-state index contributed by atoms with van der Waals surface area (Å²) in [5.41, 5.74) is 2.96. The van der Waals surface area contributed by atoms with Crippen LogP contribution >= 0.6 is 11.3 Å². The van der Waals surface area contributed by atoms with Crippen molar-refractivity contribution in [3.05, 3.63) is 45.3 Å². The highest BCUT2D eigenvalue weighted by molar-refractivity contribution is 7.17.